The molecule has 1 aromatic rings. The molecule has 0 aromatic heterocycles. The number of allylic oxidation sites excluding steroid dienone is 1. The fourth-order valence-corrected chi connectivity index (χ4v) is 2.58. The normalized spacial score (nSPS) is 15.5. The summed E-state index contributed by atoms with van der Waals surface area (Å²) in [6.07, 6.45) is -7.84. The van der Waals surface area contributed by atoms with Crippen molar-refractivity contribution in [3.8, 4) is 5.75 Å². The van der Waals surface area contributed by atoms with Crippen molar-refractivity contribution in [2.24, 2.45) is 0 Å². The van der Waals surface area contributed by atoms with Crippen LogP contribution in [0.1, 0.15) is 0 Å². The predicted octanol–water partition coefficient (Wildman–Crippen LogP) is 3.46. The summed E-state index contributed by atoms with van der Waals surface area (Å²) < 4.78 is 259. The third-order valence-electron chi connectivity index (χ3n) is 4.08. The average molecular weight is 642 g/mol. The van der Waals surface area contributed by atoms with Crippen LogP contribution in [0.4, 0.5) is 74.6 Å². The molecule has 1 rings (SSSR count). The van der Waals surface area contributed by atoms with E-state index in [1.807, 2.05) is 0 Å². The third kappa shape index (κ3) is 5.92. The van der Waals surface area contributed by atoms with Crippen molar-refractivity contribution < 1.29 is 144 Å². The fourth-order valence-electron chi connectivity index (χ4n) is 2.07. The third-order valence-corrected chi connectivity index (χ3v) is 4.91. The first-order chi connectivity index (χ1) is 16.0. The second kappa shape index (κ2) is 10.8. The van der Waals surface area contributed by atoms with Gasteiger partial charge in [-0.3, -0.25) is 0 Å². The molecule has 0 unspecified atom stereocenters. The van der Waals surface area contributed by atoms with Gasteiger partial charge in [0.15, 0.2) is 0 Å². The van der Waals surface area contributed by atoms with E-state index in [4.69, 9.17) is 0 Å². The molecule has 0 radical (unpaired) electrons. The maximum absolute atomic E-state index is 13.6. The molecule has 0 spiro atoms. The number of hydrogen-bond acceptors (Lipinski definition) is 4. The van der Waals surface area contributed by atoms with Gasteiger partial charge in [0.2, 0.25) is 5.83 Å². The average Bonchev–Trinajstić information content (AvgIpc) is 2.71. The minimum Gasteiger partial charge on any atom is -0.744 e. The summed E-state index contributed by atoms with van der Waals surface area (Å²) in [6.45, 7) is 0. The van der Waals surface area contributed by atoms with Gasteiger partial charge in [0, 0.05) is 0 Å². The fraction of sp³-hybridized carbons (Fsp3) is 0.467. The van der Waals surface area contributed by atoms with Crippen molar-refractivity contribution in [3.05, 3.63) is 36.1 Å². The molecule has 0 heterocycles. The van der Waals surface area contributed by atoms with Gasteiger partial charge in [-0.25, -0.2) is 8.42 Å². The number of halogens is 17. The first kappa shape index (κ1) is 37.1. The van der Waals surface area contributed by atoms with E-state index in [1.165, 1.54) is 0 Å². The van der Waals surface area contributed by atoms with Gasteiger partial charge < -0.3 is 9.29 Å². The maximum Gasteiger partial charge on any atom is 1.00 e. The zero-order valence-corrected chi connectivity index (χ0v) is 21.2. The topological polar surface area (TPSA) is 66.4 Å². The summed E-state index contributed by atoms with van der Waals surface area (Å²) in [7, 11) is -5.43. The Morgan fingerprint density at radius 2 is 1.08 bits per heavy atom. The zero-order valence-electron chi connectivity index (χ0n) is 17.3. The molecule has 0 aliphatic heterocycles. The first-order valence-electron chi connectivity index (χ1n) is 8.15. The molecule has 0 atom stereocenters. The van der Waals surface area contributed by atoms with Crippen LogP contribution in [-0.4, -0.2) is 54.7 Å². The molecule has 0 aliphatic rings. The van der Waals surface area contributed by atoms with Gasteiger partial charge >= 0.3 is 99.1 Å². The maximum atomic E-state index is 13.6. The van der Waals surface area contributed by atoms with E-state index in [1.54, 1.807) is 0 Å². The molecule has 23 heteroatoms. The molecule has 38 heavy (non-hydrogen) atoms. The number of benzene rings is 1. The Labute approximate surface area is 241 Å². The van der Waals surface area contributed by atoms with E-state index in [9.17, 15) is 87.6 Å². The minimum absolute atomic E-state index is 0. The monoisotopic (exact) mass is 642 g/mol. The number of alkyl halides is 15. The molecule has 0 saturated carbocycles. The van der Waals surface area contributed by atoms with E-state index in [0.29, 0.717) is 12.1 Å². The van der Waals surface area contributed by atoms with E-state index >= 15 is 0 Å². The van der Waals surface area contributed by atoms with Gasteiger partial charge in [-0.1, -0.05) is 6.07 Å². The van der Waals surface area contributed by atoms with Crippen LogP contribution in [-0.2, 0) is 10.1 Å². The molecule has 0 saturated heterocycles. The molecule has 0 amide bonds. The van der Waals surface area contributed by atoms with Gasteiger partial charge in [-0.05, 0) is 18.2 Å². The van der Waals surface area contributed by atoms with Gasteiger partial charge in [0.25, 0.3) is 0 Å². The van der Waals surface area contributed by atoms with Gasteiger partial charge in [0.05, 0.1) is 4.90 Å². The van der Waals surface area contributed by atoms with Crippen LogP contribution in [0.15, 0.2) is 41.0 Å². The van der Waals surface area contributed by atoms with E-state index < -0.39 is 74.3 Å². The van der Waals surface area contributed by atoms with Crippen molar-refractivity contribution >= 4 is 10.1 Å². The molecule has 1 aromatic carbocycles. The largest absolute Gasteiger partial charge is 1.00 e. The summed E-state index contributed by atoms with van der Waals surface area (Å²) >= 11 is 0. The van der Waals surface area contributed by atoms with Crippen LogP contribution in [0.5, 0.6) is 5.75 Å². The van der Waals surface area contributed by atoms with Crippen LogP contribution in [0.3, 0.4) is 0 Å². The smallest absolute Gasteiger partial charge is 0.744 e. The Hall–Kier alpha value is -0.884. The summed E-state index contributed by atoms with van der Waals surface area (Å²) in [6, 6.07) is -2.75. The standard InChI is InChI=1S/C15H5F17O4S.K/c16-7(8(17)36-5-2-1-3-6(4-5)37(33,34)35)9(18,19)10(20,21)11(22,23)12(24,25)13(26,27)14(28,29)15(30,31)32;/h1-4H,(H,33,34,35);/q;+1/p-1/b8-7-;. The van der Waals surface area contributed by atoms with Crippen LogP contribution >= 0.6 is 0 Å². The van der Waals surface area contributed by atoms with Crippen molar-refractivity contribution in [3.63, 3.8) is 0 Å². The molecule has 214 valence electrons. The van der Waals surface area contributed by atoms with Gasteiger partial charge in [-0.2, -0.15) is 74.6 Å². The Morgan fingerprint density at radius 1 is 0.684 bits per heavy atom. The number of hydrogen-bond donors (Lipinski definition) is 0. The Morgan fingerprint density at radius 3 is 1.47 bits per heavy atom. The molecule has 0 fully saturated rings. The first-order valence-corrected chi connectivity index (χ1v) is 9.55. The van der Waals surface area contributed by atoms with Crippen LogP contribution in [0, 0.1) is 0 Å². The van der Waals surface area contributed by atoms with E-state index in [0.717, 1.165) is 0 Å². The molecule has 4 nitrogen and oxygen atoms in total. The Bertz CT molecular complexity index is 1160. The Balaban J connectivity index is 0.0000137. The van der Waals surface area contributed by atoms with Gasteiger partial charge in [0.1, 0.15) is 15.9 Å². The number of rotatable bonds is 9. The van der Waals surface area contributed by atoms with Gasteiger partial charge in [-0.15, -0.1) is 0 Å². The number of ether oxygens (including phenoxy) is 1. The van der Waals surface area contributed by atoms with Crippen molar-refractivity contribution in [2.45, 2.75) is 46.6 Å². The van der Waals surface area contributed by atoms with Crippen molar-refractivity contribution in [2.75, 3.05) is 0 Å². The molecule has 0 bridgehead atoms. The van der Waals surface area contributed by atoms with Crippen LogP contribution < -0.4 is 56.1 Å². The molecule has 0 N–H and O–H groups in total. The quantitative estimate of drug-likeness (QED) is 0.179. The van der Waals surface area contributed by atoms with E-state index in [2.05, 4.69) is 4.74 Å². The summed E-state index contributed by atoms with van der Waals surface area (Å²) in [5, 5.41) is 0. The van der Waals surface area contributed by atoms with Crippen molar-refractivity contribution in [1.29, 1.82) is 0 Å². The second-order valence-electron chi connectivity index (χ2n) is 6.56. The van der Waals surface area contributed by atoms with E-state index in [-0.39, 0.29) is 63.5 Å². The van der Waals surface area contributed by atoms with Crippen LogP contribution in [0.25, 0.3) is 0 Å². The predicted molar refractivity (Wildman–Crippen MR) is 80.0 cm³/mol. The summed E-state index contributed by atoms with van der Waals surface area (Å²) in [4.78, 5) is -1.38. The zero-order chi connectivity index (χ0) is 29.8. The minimum atomic E-state index is -8.72. The molecular weight excluding hydrogens is 638 g/mol. The molecule has 0 aliphatic carbocycles. The van der Waals surface area contributed by atoms with Crippen molar-refractivity contribution in [1.82, 2.24) is 0 Å². The summed E-state index contributed by atoms with van der Waals surface area (Å²) in [5.41, 5.74) is 0. The summed E-state index contributed by atoms with van der Waals surface area (Å²) in [5.74, 6) is -56.5. The van der Waals surface area contributed by atoms with Crippen LogP contribution in [0.2, 0.25) is 0 Å². The second-order valence-corrected chi connectivity index (χ2v) is 7.94. The Kier molecular flexibility index (Phi) is 10.6. The SMILES string of the molecule is O=S(=O)([O-])c1cccc(O/C(F)=C(\F)C(F)(F)C(F)(F)C(F)(F)C(F)(F)C(F)(F)C(F)(F)C(F)(F)F)c1.[K+]. The molecular formula is C15H4F17KO4S.